The lowest BCUT2D eigenvalue weighted by atomic mass is 10.2. The highest BCUT2D eigenvalue weighted by Crippen LogP contribution is 2.12. The van der Waals surface area contributed by atoms with Crippen LogP contribution in [0.1, 0.15) is 26.5 Å². The van der Waals surface area contributed by atoms with Gasteiger partial charge in [0.1, 0.15) is 0 Å². The average molecular weight is 167 g/mol. The molecule has 3 heteroatoms. The van der Waals surface area contributed by atoms with Gasteiger partial charge in [0.25, 0.3) is 0 Å². The van der Waals surface area contributed by atoms with Gasteiger partial charge < -0.3 is 5.73 Å². The number of nitrogens with zero attached hydrogens (tertiary/aromatic N) is 2. The summed E-state index contributed by atoms with van der Waals surface area (Å²) in [5.74, 6) is 0.620. The first kappa shape index (κ1) is 9.10. The first-order valence-electron chi connectivity index (χ1n) is 4.45. The first-order chi connectivity index (χ1) is 5.65. The van der Waals surface area contributed by atoms with Gasteiger partial charge in [0.15, 0.2) is 0 Å². The second-order valence-corrected chi connectivity index (χ2v) is 3.48. The van der Waals surface area contributed by atoms with E-state index in [-0.39, 0.29) is 0 Å². The molecule has 0 unspecified atom stereocenters. The summed E-state index contributed by atoms with van der Waals surface area (Å²) in [6.45, 7) is 7.42. The van der Waals surface area contributed by atoms with Crippen LogP contribution in [0.5, 0.6) is 0 Å². The molecule has 0 spiro atoms. The van der Waals surface area contributed by atoms with Crippen molar-refractivity contribution in [3.63, 3.8) is 0 Å². The van der Waals surface area contributed by atoms with Crippen LogP contribution in [0.3, 0.4) is 0 Å². The Morgan fingerprint density at radius 3 is 2.75 bits per heavy atom. The summed E-state index contributed by atoms with van der Waals surface area (Å²) < 4.78 is 2.00. The van der Waals surface area contributed by atoms with Gasteiger partial charge in [0, 0.05) is 6.54 Å². The van der Waals surface area contributed by atoms with E-state index < -0.39 is 0 Å². The molecule has 68 valence electrons. The van der Waals surface area contributed by atoms with Crippen molar-refractivity contribution in [2.24, 2.45) is 5.92 Å². The highest BCUT2D eigenvalue weighted by Gasteiger charge is 2.06. The highest BCUT2D eigenvalue weighted by atomic mass is 15.3. The van der Waals surface area contributed by atoms with Crippen LogP contribution >= 0.6 is 0 Å². The predicted molar refractivity (Wildman–Crippen MR) is 50.9 cm³/mol. The molecular weight excluding hydrogens is 150 g/mol. The largest absolute Gasteiger partial charge is 0.396 e. The van der Waals surface area contributed by atoms with E-state index in [1.54, 1.807) is 6.20 Å². The van der Waals surface area contributed by atoms with Crippen molar-refractivity contribution in [2.45, 2.75) is 33.7 Å². The zero-order valence-corrected chi connectivity index (χ0v) is 8.04. The second kappa shape index (κ2) is 3.61. The van der Waals surface area contributed by atoms with Crippen LogP contribution in [0.4, 0.5) is 5.69 Å². The SMILES string of the molecule is CCc1c(N)cnn1CC(C)C. The van der Waals surface area contributed by atoms with Gasteiger partial charge in [0.05, 0.1) is 17.6 Å². The standard InChI is InChI=1S/C9H17N3/c1-4-9-8(10)5-11-12(9)6-7(2)3/h5,7H,4,6,10H2,1-3H3. The maximum Gasteiger partial charge on any atom is 0.0732 e. The van der Waals surface area contributed by atoms with Gasteiger partial charge in [-0.1, -0.05) is 20.8 Å². The van der Waals surface area contributed by atoms with Crippen molar-refractivity contribution >= 4 is 5.69 Å². The molecule has 0 amide bonds. The number of aromatic nitrogens is 2. The Bertz CT molecular complexity index is 250. The van der Waals surface area contributed by atoms with Crippen molar-refractivity contribution < 1.29 is 0 Å². The summed E-state index contributed by atoms with van der Waals surface area (Å²) in [4.78, 5) is 0. The summed E-state index contributed by atoms with van der Waals surface area (Å²) in [5, 5.41) is 4.22. The summed E-state index contributed by atoms with van der Waals surface area (Å²) >= 11 is 0. The lowest BCUT2D eigenvalue weighted by Crippen LogP contribution is -2.09. The van der Waals surface area contributed by atoms with Gasteiger partial charge in [-0.2, -0.15) is 5.10 Å². The van der Waals surface area contributed by atoms with E-state index in [4.69, 9.17) is 5.73 Å². The molecule has 1 heterocycles. The molecule has 1 aromatic heterocycles. The third-order valence-corrected chi connectivity index (χ3v) is 1.85. The Hall–Kier alpha value is -0.990. The number of hydrogen-bond donors (Lipinski definition) is 1. The Labute approximate surface area is 73.6 Å². The van der Waals surface area contributed by atoms with Gasteiger partial charge in [-0.15, -0.1) is 0 Å². The van der Waals surface area contributed by atoms with Gasteiger partial charge in [-0.3, -0.25) is 4.68 Å². The second-order valence-electron chi connectivity index (χ2n) is 3.48. The van der Waals surface area contributed by atoms with Gasteiger partial charge in [-0.05, 0) is 12.3 Å². The molecule has 1 aromatic rings. The van der Waals surface area contributed by atoms with Gasteiger partial charge in [-0.25, -0.2) is 0 Å². The minimum atomic E-state index is 0.620. The Kier molecular flexibility index (Phi) is 2.74. The molecule has 2 N–H and O–H groups in total. The summed E-state index contributed by atoms with van der Waals surface area (Å²) in [5.41, 5.74) is 7.72. The molecule has 0 aromatic carbocycles. The molecule has 0 bridgehead atoms. The van der Waals surface area contributed by atoms with Crippen LogP contribution in [0, 0.1) is 5.92 Å². The molecule has 0 saturated carbocycles. The van der Waals surface area contributed by atoms with Crippen molar-refractivity contribution in [1.29, 1.82) is 0 Å². The maximum atomic E-state index is 5.74. The minimum Gasteiger partial charge on any atom is -0.396 e. The highest BCUT2D eigenvalue weighted by molar-refractivity contribution is 5.40. The van der Waals surface area contributed by atoms with E-state index in [2.05, 4.69) is 25.9 Å². The zero-order chi connectivity index (χ0) is 9.14. The fourth-order valence-electron chi connectivity index (χ4n) is 1.31. The van der Waals surface area contributed by atoms with Crippen molar-refractivity contribution in [3.8, 4) is 0 Å². The molecule has 3 nitrogen and oxygen atoms in total. The van der Waals surface area contributed by atoms with Crippen LogP contribution in [-0.2, 0) is 13.0 Å². The quantitative estimate of drug-likeness (QED) is 0.744. The van der Waals surface area contributed by atoms with Crippen molar-refractivity contribution in [1.82, 2.24) is 9.78 Å². The predicted octanol–water partition coefficient (Wildman–Crippen LogP) is 1.68. The van der Waals surface area contributed by atoms with Crippen LogP contribution in [0.25, 0.3) is 0 Å². The van der Waals surface area contributed by atoms with E-state index in [1.807, 2.05) is 4.68 Å². The molecule has 0 aliphatic heterocycles. The fraction of sp³-hybridized carbons (Fsp3) is 0.667. The minimum absolute atomic E-state index is 0.620. The lowest BCUT2D eigenvalue weighted by molar-refractivity contribution is 0.470. The molecule has 0 fully saturated rings. The molecule has 0 saturated heterocycles. The van der Waals surface area contributed by atoms with Crippen molar-refractivity contribution in [2.75, 3.05) is 5.73 Å². The third-order valence-electron chi connectivity index (χ3n) is 1.85. The van der Waals surface area contributed by atoms with Crippen LogP contribution in [-0.4, -0.2) is 9.78 Å². The summed E-state index contributed by atoms with van der Waals surface area (Å²) in [6.07, 6.45) is 2.69. The lowest BCUT2D eigenvalue weighted by Gasteiger charge is -2.08. The normalized spacial score (nSPS) is 11.0. The summed E-state index contributed by atoms with van der Waals surface area (Å²) in [6, 6.07) is 0. The number of nitrogens with two attached hydrogens (primary N) is 1. The first-order valence-corrected chi connectivity index (χ1v) is 4.45. The summed E-state index contributed by atoms with van der Waals surface area (Å²) in [7, 11) is 0. The van der Waals surface area contributed by atoms with E-state index in [9.17, 15) is 0 Å². The van der Waals surface area contributed by atoms with Gasteiger partial charge >= 0.3 is 0 Å². The maximum absolute atomic E-state index is 5.74. The average Bonchev–Trinajstić information content (AvgIpc) is 2.30. The van der Waals surface area contributed by atoms with Crippen LogP contribution in [0.15, 0.2) is 6.20 Å². The Morgan fingerprint density at radius 2 is 2.25 bits per heavy atom. The number of rotatable bonds is 3. The molecular formula is C9H17N3. The molecule has 0 aliphatic rings. The topological polar surface area (TPSA) is 43.8 Å². The van der Waals surface area contributed by atoms with E-state index in [1.165, 1.54) is 0 Å². The van der Waals surface area contributed by atoms with Gasteiger partial charge in [0.2, 0.25) is 0 Å². The molecule has 1 rings (SSSR count). The number of nitrogen functional groups attached to an aromatic ring is 1. The Morgan fingerprint density at radius 1 is 1.58 bits per heavy atom. The zero-order valence-electron chi connectivity index (χ0n) is 8.04. The fourth-order valence-corrected chi connectivity index (χ4v) is 1.31. The molecule has 0 atom stereocenters. The number of hydrogen-bond acceptors (Lipinski definition) is 2. The number of anilines is 1. The van der Waals surface area contributed by atoms with Crippen molar-refractivity contribution in [3.05, 3.63) is 11.9 Å². The van der Waals surface area contributed by atoms with E-state index in [0.717, 1.165) is 24.3 Å². The smallest absolute Gasteiger partial charge is 0.0732 e. The van der Waals surface area contributed by atoms with E-state index in [0.29, 0.717) is 5.92 Å². The molecule has 0 aliphatic carbocycles. The third kappa shape index (κ3) is 1.78. The van der Waals surface area contributed by atoms with Crippen LogP contribution < -0.4 is 5.73 Å². The monoisotopic (exact) mass is 167 g/mol. The molecule has 12 heavy (non-hydrogen) atoms. The van der Waals surface area contributed by atoms with E-state index >= 15 is 0 Å². The van der Waals surface area contributed by atoms with Crippen LogP contribution in [0.2, 0.25) is 0 Å². The molecule has 0 radical (unpaired) electrons. The Balaban J connectivity index is 2.84.